The van der Waals surface area contributed by atoms with E-state index in [1.165, 1.54) is 0 Å². The van der Waals surface area contributed by atoms with Crippen LogP contribution in [-0.4, -0.2) is 182 Å². The van der Waals surface area contributed by atoms with Gasteiger partial charge in [0.05, 0.1) is 0 Å². The molecule has 0 aliphatic rings. The van der Waals surface area contributed by atoms with Crippen molar-refractivity contribution in [2.45, 2.75) is 0 Å². The Bertz CT molecular complexity index is 140. The average Bonchev–Trinajstić information content (AvgIpc) is 1.19. The van der Waals surface area contributed by atoms with E-state index in [0.29, 0.717) is 0 Å². The van der Waals surface area contributed by atoms with Gasteiger partial charge in [-0.05, 0) is 0 Å². The first-order valence-corrected chi connectivity index (χ1v) is 3.00. The van der Waals surface area contributed by atoms with Crippen LogP contribution in [0, 0.1) is 0 Å². The van der Waals surface area contributed by atoms with Crippen LogP contribution in [0.5, 0.6) is 0 Å². The fourth-order valence-electron chi connectivity index (χ4n) is 0. The van der Waals surface area contributed by atoms with Gasteiger partial charge < -0.3 is 36.3 Å². The van der Waals surface area contributed by atoms with E-state index in [0.717, 1.165) is 0 Å². The van der Waals surface area contributed by atoms with Crippen LogP contribution in [0.3, 0.4) is 0 Å². The molecule has 72 valence electrons. The molecule has 12 heteroatoms. The number of carboxylic acid groups (broad SMARTS) is 2. The normalized spacial score (nSPS) is 6.38. The van der Waals surface area contributed by atoms with Crippen LogP contribution in [0.2, 0.25) is 0 Å². The molecule has 0 aromatic heterocycles. The van der Waals surface area contributed by atoms with Gasteiger partial charge in [0.25, 0.3) is 0 Å². The fourth-order valence-corrected chi connectivity index (χ4v) is 0. The molecule has 0 spiro atoms. The Morgan fingerprint density at radius 2 is 0.923 bits per heavy atom. The molecular formula is CH13Ca4O7P. The summed E-state index contributed by atoms with van der Waals surface area (Å²) in [5.41, 5.74) is 0. The fraction of sp³-hybridized carbons (Fsp3) is 0. The number of hydrogen-bond donors (Lipinski definition) is 5. The minimum atomic E-state index is -4.64. The van der Waals surface area contributed by atoms with Crippen molar-refractivity contribution in [3.05, 3.63) is 0 Å². The number of phosphoric acid groups is 1. The minimum Gasteiger partial charge on any atom is -1.00 e. The standard InChI is InChI=1S/CH2O3.4Ca.H3O4P.8H/c2-1(3)4;;;;;1-5(2,3)4;;;;;;;;/h(H2,2,3,4);;;;;(H3,1,2,3,4);;;;;;;;/q;4*+2;;8*-1. The summed E-state index contributed by atoms with van der Waals surface area (Å²) >= 11 is 0. The Labute approximate surface area is 206 Å². The molecule has 0 saturated carbocycles. The molecule has 0 radical (unpaired) electrons. The average molecular weight is 328 g/mol. The molecule has 0 aromatic rings. The van der Waals surface area contributed by atoms with Gasteiger partial charge in [0, 0.05) is 0 Å². The van der Waals surface area contributed by atoms with Crippen LogP contribution in [-0.2, 0) is 4.57 Å². The summed E-state index contributed by atoms with van der Waals surface area (Å²) in [6.45, 7) is 0. The smallest absolute Gasteiger partial charge is 1.00 e. The maximum absolute atomic E-state index is 8.88. The second kappa shape index (κ2) is 21.7. The Morgan fingerprint density at radius 1 is 0.923 bits per heavy atom. The van der Waals surface area contributed by atoms with Crippen LogP contribution in [0.1, 0.15) is 11.4 Å². The van der Waals surface area contributed by atoms with Crippen molar-refractivity contribution in [2.24, 2.45) is 0 Å². The Kier molecular flexibility index (Phi) is 60.1. The zero-order valence-electron chi connectivity index (χ0n) is 14.8. The van der Waals surface area contributed by atoms with Gasteiger partial charge in [-0.25, -0.2) is 9.36 Å². The largest absolute Gasteiger partial charge is 2.00 e. The third kappa shape index (κ3) is 175. The van der Waals surface area contributed by atoms with E-state index < -0.39 is 14.0 Å². The summed E-state index contributed by atoms with van der Waals surface area (Å²) in [5.74, 6) is 0. The van der Waals surface area contributed by atoms with Crippen molar-refractivity contribution >= 4 is 165 Å². The third-order valence-corrected chi connectivity index (χ3v) is 0. The molecule has 0 aliphatic heterocycles. The minimum absolute atomic E-state index is 0. The van der Waals surface area contributed by atoms with Crippen LogP contribution < -0.4 is 0 Å². The first kappa shape index (κ1) is 36.0. The summed E-state index contributed by atoms with van der Waals surface area (Å²) in [5, 5.41) is 13.9. The van der Waals surface area contributed by atoms with E-state index in [1.54, 1.807) is 0 Å². The van der Waals surface area contributed by atoms with E-state index in [1.807, 2.05) is 0 Å². The molecule has 0 fully saturated rings. The zero-order valence-corrected chi connectivity index (χ0v) is 16.6. The van der Waals surface area contributed by atoms with E-state index in [-0.39, 0.29) is 162 Å². The van der Waals surface area contributed by atoms with Gasteiger partial charge in [-0.3, -0.25) is 0 Å². The molecule has 0 atom stereocenters. The molecule has 0 aromatic carbocycles. The van der Waals surface area contributed by atoms with E-state index in [9.17, 15) is 0 Å². The Morgan fingerprint density at radius 3 is 0.923 bits per heavy atom. The number of hydrogen-bond acceptors (Lipinski definition) is 2. The van der Waals surface area contributed by atoms with Gasteiger partial charge in [0.1, 0.15) is 0 Å². The van der Waals surface area contributed by atoms with Crippen molar-refractivity contribution in [1.82, 2.24) is 0 Å². The molecule has 0 unspecified atom stereocenters. The van der Waals surface area contributed by atoms with Crippen molar-refractivity contribution in [3.63, 3.8) is 0 Å². The molecule has 7 nitrogen and oxygen atoms in total. The van der Waals surface area contributed by atoms with Gasteiger partial charge in [-0.15, -0.1) is 0 Å². The summed E-state index contributed by atoms with van der Waals surface area (Å²) in [6, 6.07) is 0. The van der Waals surface area contributed by atoms with Crippen molar-refractivity contribution in [1.29, 1.82) is 0 Å². The molecule has 0 amide bonds. The van der Waals surface area contributed by atoms with E-state index in [2.05, 4.69) is 0 Å². The quantitative estimate of drug-likeness (QED) is 0.275. The monoisotopic (exact) mass is 328 g/mol. The van der Waals surface area contributed by atoms with Gasteiger partial charge in [0.2, 0.25) is 0 Å². The molecule has 0 bridgehead atoms. The van der Waals surface area contributed by atoms with Gasteiger partial charge in [-0.2, -0.15) is 0 Å². The molecule has 5 N–H and O–H groups in total. The topological polar surface area (TPSA) is 135 Å². The Balaban J connectivity index is -0.00000000249. The molecule has 0 rings (SSSR count). The van der Waals surface area contributed by atoms with E-state index in [4.69, 9.17) is 34.3 Å². The summed E-state index contributed by atoms with van der Waals surface area (Å²) < 4.78 is 8.88. The van der Waals surface area contributed by atoms with Crippen molar-refractivity contribution < 1.29 is 45.7 Å². The molecule has 0 heterocycles. The second-order valence-corrected chi connectivity index (χ2v) is 1.82. The molecule has 0 aliphatic carbocycles. The predicted molar refractivity (Wildman–Crippen MR) is 56.8 cm³/mol. The maximum Gasteiger partial charge on any atom is 2.00 e. The van der Waals surface area contributed by atoms with Crippen LogP contribution >= 0.6 is 7.82 Å². The summed E-state index contributed by atoms with van der Waals surface area (Å²) in [7, 11) is -4.64. The van der Waals surface area contributed by atoms with Crippen molar-refractivity contribution in [2.75, 3.05) is 0 Å². The zero-order chi connectivity index (χ0) is 8.08. The first-order valence-electron chi connectivity index (χ1n) is 1.43. The van der Waals surface area contributed by atoms with Crippen LogP contribution in [0.25, 0.3) is 0 Å². The van der Waals surface area contributed by atoms with Gasteiger partial charge in [-0.1, -0.05) is 0 Å². The van der Waals surface area contributed by atoms with Gasteiger partial charge >= 0.3 is 165 Å². The van der Waals surface area contributed by atoms with Crippen LogP contribution in [0.15, 0.2) is 0 Å². The summed E-state index contributed by atoms with van der Waals surface area (Å²) in [4.78, 5) is 30.1. The van der Waals surface area contributed by atoms with E-state index >= 15 is 0 Å². The SMILES string of the molecule is O=C(O)O.O=P(O)(O)O.[Ca+2].[Ca+2].[Ca+2].[Ca+2].[H-].[H-].[H-].[H-].[H-].[H-].[H-].[H-]. The molecule has 13 heavy (non-hydrogen) atoms. The number of rotatable bonds is 0. The second-order valence-electron chi connectivity index (χ2n) is 0.796. The Hall–Kier alpha value is 4.42. The van der Waals surface area contributed by atoms with Crippen molar-refractivity contribution in [3.8, 4) is 0 Å². The number of carbonyl (C=O) groups is 1. The maximum atomic E-state index is 8.88. The predicted octanol–water partition coefficient (Wildman–Crippen LogP) is -1.33. The summed E-state index contributed by atoms with van der Waals surface area (Å²) in [6.07, 6.45) is -1.83. The van der Waals surface area contributed by atoms with Crippen LogP contribution in [0.4, 0.5) is 4.79 Å². The van der Waals surface area contributed by atoms with Gasteiger partial charge in [0.15, 0.2) is 0 Å². The first-order chi connectivity index (χ1) is 3.73. The molecular weight excluding hydrogens is 315 g/mol. The third-order valence-electron chi connectivity index (χ3n) is 0. The molecule has 0 saturated heterocycles.